The van der Waals surface area contributed by atoms with Crippen LogP contribution >= 0.6 is 12.4 Å². The van der Waals surface area contributed by atoms with Crippen molar-refractivity contribution in [3.05, 3.63) is 24.3 Å². The molecule has 3 N–H and O–H groups in total. The molecule has 2 fully saturated rings. The molecule has 1 aromatic rings. The monoisotopic (exact) mass is 423 g/mol. The smallest absolute Gasteiger partial charge is 0.227 e. The van der Waals surface area contributed by atoms with Crippen molar-refractivity contribution in [2.24, 2.45) is 17.1 Å². The molecular weight excluding hydrogens is 390 g/mol. The molecule has 0 aromatic heterocycles. The number of hydrogen-bond donors (Lipinski definition) is 2. The SMILES string of the molecule is COc1ccccc1NC(=O)C1CCN(C(=O)CC2(CN)CCCCC2)CC1.Cl. The average molecular weight is 424 g/mol. The number of nitrogens with one attached hydrogen (secondary N) is 1. The Kier molecular flexibility index (Phi) is 8.78. The van der Waals surface area contributed by atoms with Crippen LogP contribution in [0.15, 0.2) is 24.3 Å². The molecule has 2 aliphatic rings. The maximum absolute atomic E-state index is 12.8. The number of para-hydroxylation sites is 2. The van der Waals surface area contributed by atoms with Crippen LogP contribution in [0.4, 0.5) is 5.69 Å². The second kappa shape index (κ2) is 10.8. The van der Waals surface area contributed by atoms with Crippen LogP contribution in [0, 0.1) is 11.3 Å². The van der Waals surface area contributed by atoms with E-state index in [0.717, 1.165) is 12.8 Å². The van der Waals surface area contributed by atoms with Crippen LogP contribution in [0.2, 0.25) is 0 Å². The molecule has 1 aliphatic heterocycles. The van der Waals surface area contributed by atoms with Crippen molar-refractivity contribution in [2.45, 2.75) is 51.4 Å². The molecule has 7 heteroatoms. The van der Waals surface area contributed by atoms with Crippen LogP contribution < -0.4 is 15.8 Å². The van der Waals surface area contributed by atoms with Gasteiger partial charge in [-0.15, -0.1) is 12.4 Å². The number of methoxy groups -OCH3 is 1. The van der Waals surface area contributed by atoms with Crippen LogP contribution in [0.1, 0.15) is 51.4 Å². The number of nitrogens with zero attached hydrogens (tertiary/aromatic N) is 1. The van der Waals surface area contributed by atoms with E-state index in [-0.39, 0.29) is 35.6 Å². The Balaban J connectivity index is 0.00000300. The molecule has 0 unspecified atom stereocenters. The lowest BCUT2D eigenvalue weighted by molar-refractivity contribution is -0.137. The Labute approximate surface area is 179 Å². The number of likely N-dealkylation sites (tertiary alicyclic amines) is 1. The molecule has 1 aromatic carbocycles. The van der Waals surface area contributed by atoms with E-state index in [0.29, 0.717) is 50.3 Å². The first-order valence-corrected chi connectivity index (χ1v) is 10.5. The third-order valence-corrected chi connectivity index (χ3v) is 6.46. The summed E-state index contributed by atoms with van der Waals surface area (Å²) in [4.78, 5) is 27.4. The van der Waals surface area contributed by atoms with E-state index < -0.39 is 0 Å². The Morgan fingerprint density at radius 3 is 2.45 bits per heavy atom. The molecule has 1 saturated heterocycles. The largest absolute Gasteiger partial charge is 0.495 e. The normalized spacial score (nSPS) is 19.2. The van der Waals surface area contributed by atoms with Gasteiger partial charge in [-0.3, -0.25) is 9.59 Å². The molecule has 1 heterocycles. The van der Waals surface area contributed by atoms with Crippen LogP contribution in [-0.2, 0) is 9.59 Å². The fourth-order valence-electron chi connectivity index (χ4n) is 4.56. The quantitative estimate of drug-likeness (QED) is 0.732. The third kappa shape index (κ3) is 5.86. The molecule has 0 bridgehead atoms. The van der Waals surface area contributed by atoms with Gasteiger partial charge in [0.15, 0.2) is 0 Å². The molecule has 29 heavy (non-hydrogen) atoms. The average Bonchev–Trinajstić information content (AvgIpc) is 2.75. The second-order valence-corrected chi connectivity index (χ2v) is 8.29. The highest BCUT2D eigenvalue weighted by Gasteiger charge is 2.36. The van der Waals surface area contributed by atoms with Gasteiger partial charge in [-0.25, -0.2) is 0 Å². The van der Waals surface area contributed by atoms with E-state index in [2.05, 4.69) is 5.32 Å². The zero-order valence-electron chi connectivity index (χ0n) is 17.3. The first-order valence-electron chi connectivity index (χ1n) is 10.5. The number of amides is 2. The molecule has 162 valence electrons. The van der Waals surface area contributed by atoms with Gasteiger partial charge in [0.25, 0.3) is 0 Å². The summed E-state index contributed by atoms with van der Waals surface area (Å²) in [5, 5.41) is 2.97. The predicted molar refractivity (Wildman–Crippen MR) is 117 cm³/mol. The fraction of sp³-hybridized carbons (Fsp3) is 0.636. The highest BCUT2D eigenvalue weighted by atomic mass is 35.5. The highest BCUT2D eigenvalue weighted by Crippen LogP contribution is 2.39. The summed E-state index contributed by atoms with van der Waals surface area (Å²) in [6, 6.07) is 7.41. The summed E-state index contributed by atoms with van der Waals surface area (Å²) < 4.78 is 5.30. The Morgan fingerprint density at radius 1 is 1.17 bits per heavy atom. The summed E-state index contributed by atoms with van der Waals surface area (Å²) in [7, 11) is 1.59. The van der Waals surface area contributed by atoms with Crippen LogP contribution in [0.25, 0.3) is 0 Å². The Morgan fingerprint density at radius 2 is 1.83 bits per heavy atom. The molecule has 0 atom stereocenters. The summed E-state index contributed by atoms with van der Waals surface area (Å²) in [5.41, 5.74) is 6.72. The van der Waals surface area contributed by atoms with E-state index >= 15 is 0 Å². The van der Waals surface area contributed by atoms with Crippen molar-refractivity contribution in [3.63, 3.8) is 0 Å². The standard InChI is InChI=1S/C22H33N3O3.ClH/c1-28-19-8-4-3-7-18(19)24-21(27)17-9-13-25(14-10-17)20(26)15-22(16-23)11-5-2-6-12-22;/h3-4,7-8,17H,2,5-6,9-16,23H2,1H3,(H,24,27);1H. The van der Waals surface area contributed by atoms with E-state index in [1.54, 1.807) is 7.11 Å². The van der Waals surface area contributed by atoms with Gasteiger partial charge in [0.2, 0.25) is 11.8 Å². The number of piperidine rings is 1. The number of hydrogen-bond acceptors (Lipinski definition) is 4. The number of anilines is 1. The molecule has 6 nitrogen and oxygen atoms in total. The minimum absolute atomic E-state index is 0. The van der Waals surface area contributed by atoms with Gasteiger partial charge in [0.1, 0.15) is 5.75 Å². The van der Waals surface area contributed by atoms with Gasteiger partial charge < -0.3 is 20.7 Å². The van der Waals surface area contributed by atoms with E-state index in [1.165, 1.54) is 19.3 Å². The molecule has 1 aliphatic carbocycles. The molecule has 3 rings (SSSR count). The van der Waals surface area contributed by atoms with Gasteiger partial charge in [-0.1, -0.05) is 31.4 Å². The van der Waals surface area contributed by atoms with Gasteiger partial charge in [-0.2, -0.15) is 0 Å². The lowest BCUT2D eigenvalue weighted by Gasteiger charge is -2.38. The predicted octanol–water partition coefficient (Wildman–Crippen LogP) is 3.59. The number of rotatable bonds is 6. The van der Waals surface area contributed by atoms with Crippen LogP contribution in [0.3, 0.4) is 0 Å². The molecule has 0 radical (unpaired) electrons. The number of halogens is 1. The summed E-state index contributed by atoms with van der Waals surface area (Å²) in [6.45, 7) is 1.88. The lowest BCUT2D eigenvalue weighted by Crippen LogP contribution is -2.45. The van der Waals surface area contributed by atoms with Crippen LogP contribution in [-0.4, -0.2) is 43.5 Å². The molecule has 1 saturated carbocycles. The number of carbonyl (C=O) groups excluding carboxylic acids is 2. The van der Waals surface area contributed by atoms with Gasteiger partial charge in [0, 0.05) is 25.4 Å². The first kappa shape index (κ1) is 23.5. The van der Waals surface area contributed by atoms with E-state index in [1.807, 2.05) is 29.2 Å². The molecule has 0 spiro atoms. The molecular formula is C22H34ClN3O3. The van der Waals surface area contributed by atoms with Crippen molar-refractivity contribution in [2.75, 3.05) is 32.1 Å². The molecule has 2 amide bonds. The Hall–Kier alpha value is -1.79. The van der Waals surface area contributed by atoms with Gasteiger partial charge in [0.05, 0.1) is 12.8 Å². The number of nitrogens with two attached hydrogens (primary N) is 1. The number of benzene rings is 1. The van der Waals surface area contributed by atoms with Gasteiger partial charge in [-0.05, 0) is 49.8 Å². The van der Waals surface area contributed by atoms with Crippen molar-refractivity contribution < 1.29 is 14.3 Å². The summed E-state index contributed by atoms with van der Waals surface area (Å²) in [6.07, 6.45) is 7.68. The first-order chi connectivity index (χ1) is 13.6. The minimum atomic E-state index is -0.0767. The zero-order valence-corrected chi connectivity index (χ0v) is 18.1. The van der Waals surface area contributed by atoms with Gasteiger partial charge >= 0.3 is 0 Å². The number of ether oxygens (including phenoxy) is 1. The maximum Gasteiger partial charge on any atom is 0.227 e. The van der Waals surface area contributed by atoms with E-state index in [9.17, 15) is 9.59 Å². The van der Waals surface area contributed by atoms with Crippen LogP contribution in [0.5, 0.6) is 5.75 Å². The summed E-state index contributed by atoms with van der Waals surface area (Å²) >= 11 is 0. The Bertz CT molecular complexity index is 684. The highest BCUT2D eigenvalue weighted by molar-refractivity contribution is 5.94. The van der Waals surface area contributed by atoms with Crippen molar-refractivity contribution in [1.29, 1.82) is 0 Å². The number of carbonyl (C=O) groups is 2. The van der Waals surface area contributed by atoms with Crippen molar-refractivity contribution >= 4 is 29.9 Å². The van der Waals surface area contributed by atoms with Crippen molar-refractivity contribution in [3.8, 4) is 5.75 Å². The lowest BCUT2D eigenvalue weighted by atomic mass is 9.71. The maximum atomic E-state index is 12.8. The zero-order chi connectivity index (χ0) is 20.0. The van der Waals surface area contributed by atoms with E-state index in [4.69, 9.17) is 10.5 Å². The minimum Gasteiger partial charge on any atom is -0.495 e. The summed E-state index contributed by atoms with van der Waals surface area (Å²) in [5.74, 6) is 0.786. The second-order valence-electron chi connectivity index (χ2n) is 8.29. The van der Waals surface area contributed by atoms with Crippen molar-refractivity contribution in [1.82, 2.24) is 4.90 Å². The fourth-order valence-corrected chi connectivity index (χ4v) is 4.56. The topological polar surface area (TPSA) is 84.7 Å². The third-order valence-electron chi connectivity index (χ3n) is 6.46.